The minimum absolute atomic E-state index is 0.0637. The molecule has 0 spiro atoms. The van der Waals surface area contributed by atoms with Crippen molar-refractivity contribution in [1.29, 1.82) is 0 Å². The van der Waals surface area contributed by atoms with Crippen LogP contribution in [0, 0.1) is 5.92 Å². The van der Waals surface area contributed by atoms with Crippen molar-refractivity contribution in [2.45, 2.75) is 56.6 Å². The van der Waals surface area contributed by atoms with E-state index in [4.69, 9.17) is 5.73 Å². The molecule has 0 aromatic rings. The van der Waals surface area contributed by atoms with Crippen LogP contribution in [0.1, 0.15) is 44.9 Å². The minimum atomic E-state index is -0.477. The second-order valence-corrected chi connectivity index (χ2v) is 4.53. The van der Waals surface area contributed by atoms with Crippen molar-refractivity contribution >= 4 is 0 Å². The Balaban J connectivity index is 1.93. The van der Waals surface area contributed by atoms with Crippen LogP contribution in [0.25, 0.3) is 0 Å². The van der Waals surface area contributed by atoms with Crippen LogP contribution < -0.4 is 5.73 Å². The first-order chi connectivity index (χ1) is 5.72. The maximum Gasteiger partial charge on any atom is 0.0800 e. The normalized spacial score (nSPS) is 31.5. The molecule has 2 fully saturated rings. The van der Waals surface area contributed by atoms with Crippen molar-refractivity contribution in [2.75, 3.05) is 0 Å². The lowest BCUT2D eigenvalue weighted by molar-refractivity contribution is -0.0687. The molecule has 2 aliphatic rings. The van der Waals surface area contributed by atoms with Gasteiger partial charge in [-0.2, -0.15) is 0 Å². The maximum atomic E-state index is 10.0. The minimum Gasteiger partial charge on any atom is -0.388 e. The fourth-order valence-electron chi connectivity index (χ4n) is 2.63. The summed E-state index contributed by atoms with van der Waals surface area (Å²) < 4.78 is 0. The third-order valence-electron chi connectivity index (χ3n) is 3.75. The molecule has 0 amide bonds. The van der Waals surface area contributed by atoms with E-state index in [2.05, 4.69) is 0 Å². The van der Waals surface area contributed by atoms with Gasteiger partial charge in [0.05, 0.1) is 5.60 Å². The fraction of sp³-hybridized carbons (Fsp3) is 1.00. The van der Waals surface area contributed by atoms with Crippen LogP contribution in [-0.4, -0.2) is 16.7 Å². The quantitative estimate of drug-likeness (QED) is 0.656. The van der Waals surface area contributed by atoms with Crippen LogP contribution in [0.5, 0.6) is 0 Å². The van der Waals surface area contributed by atoms with Crippen LogP contribution in [0.4, 0.5) is 0 Å². The highest BCUT2D eigenvalue weighted by Crippen LogP contribution is 2.40. The number of hydrogen-bond acceptors (Lipinski definition) is 2. The lowest BCUT2D eigenvalue weighted by Gasteiger charge is -2.44. The average molecular weight is 169 g/mol. The Morgan fingerprint density at radius 2 is 1.75 bits per heavy atom. The lowest BCUT2D eigenvalue weighted by Crippen LogP contribution is -2.56. The smallest absolute Gasteiger partial charge is 0.0800 e. The summed E-state index contributed by atoms with van der Waals surface area (Å²) in [4.78, 5) is 0. The van der Waals surface area contributed by atoms with E-state index in [1.807, 2.05) is 0 Å². The van der Waals surface area contributed by atoms with Gasteiger partial charge in [-0.3, -0.25) is 0 Å². The third kappa shape index (κ3) is 1.27. The molecule has 2 rings (SSSR count). The molecule has 2 heteroatoms. The van der Waals surface area contributed by atoms with E-state index in [1.54, 1.807) is 0 Å². The number of aliphatic hydroxyl groups is 1. The number of nitrogens with two attached hydrogens (primary N) is 1. The Morgan fingerprint density at radius 1 is 1.17 bits per heavy atom. The summed E-state index contributed by atoms with van der Waals surface area (Å²) in [6.07, 6.45) is 8.14. The van der Waals surface area contributed by atoms with Gasteiger partial charge in [0.2, 0.25) is 0 Å². The third-order valence-corrected chi connectivity index (χ3v) is 3.75. The second kappa shape index (κ2) is 3.00. The molecule has 3 N–H and O–H groups in total. The largest absolute Gasteiger partial charge is 0.388 e. The predicted molar refractivity (Wildman–Crippen MR) is 48.7 cm³/mol. The van der Waals surface area contributed by atoms with E-state index in [0.29, 0.717) is 5.92 Å². The zero-order valence-corrected chi connectivity index (χ0v) is 7.63. The molecule has 2 aliphatic carbocycles. The van der Waals surface area contributed by atoms with Crippen LogP contribution in [-0.2, 0) is 0 Å². The zero-order valence-electron chi connectivity index (χ0n) is 7.63. The SMILES string of the molecule is NC(C1CCCC1)C1(O)CCC1. The summed E-state index contributed by atoms with van der Waals surface area (Å²) in [5.74, 6) is 0.607. The molecular weight excluding hydrogens is 150 g/mol. The van der Waals surface area contributed by atoms with Crippen LogP contribution >= 0.6 is 0 Å². The Bertz CT molecular complexity index is 159. The van der Waals surface area contributed by atoms with Gasteiger partial charge >= 0.3 is 0 Å². The Hall–Kier alpha value is -0.0800. The lowest BCUT2D eigenvalue weighted by atomic mass is 9.70. The van der Waals surface area contributed by atoms with Crippen molar-refractivity contribution < 1.29 is 5.11 Å². The molecule has 2 nitrogen and oxygen atoms in total. The topological polar surface area (TPSA) is 46.2 Å². The van der Waals surface area contributed by atoms with E-state index in [0.717, 1.165) is 19.3 Å². The van der Waals surface area contributed by atoms with E-state index in [1.165, 1.54) is 25.7 Å². The highest BCUT2D eigenvalue weighted by atomic mass is 16.3. The molecule has 70 valence electrons. The highest BCUT2D eigenvalue weighted by molar-refractivity contribution is 5.00. The molecule has 0 bridgehead atoms. The molecule has 0 aliphatic heterocycles. The summed E-state index contributed by atoms with van der Waals surface area (Å²) in [5, 5.41) is 10.0. The maximum absolute atomic E-state index is 10.0. The molecule has 0 radical (unpaired) electrons. The van der Waals surface area contributed by atoms with Gasteiger partial charge in [0.25, 0.3) is 0 Å². The molecule has 0 aromatic carbocycles. The van der Waals surface area contributed by atoms with Crippen LogP contribution in [0.2, 0.25) is 0 Å². The van der Waals surface area contributed by atoms with Crippen molar-refractivity contribution in [1.82, 2.24) is 0 Å². The molecule has 0 saturated heterocycles. The average Bonchev–Trinajstić information content (AvgIpc) is 2.50. The monoisotopic (exact) mass is 169 g/mol. The molecule has 0 heterocycles. The van der Waals surface area contributed by atoms with Gasteiger partial charge < -0.3 is 10.8 Å². The molecule has 1 atom stereocenters. The van der Waals surface area contributed by atoms with E-state index in [9.17, 15) is 5.11 Å². The molecular formula is C10H19NO. The molecule has 12 heavy (non-hydrogen) atoms. The summed E-state index contributed by atoms with van der Waals surface area (Å²) in [7, 11) is 0. The standard InChI is InChI=1S/C10H19NO/c11-9(8-4-1-2-5-8)10(12)6-3-7-10/h8-9,12H,1-7,11H2. The Kier molecular flexibility index (Phi) is 2.13. The van der Waals surface area contributed by atoms with E-state index in [-0.39, 0.29) is 6.04 Å². The fourth-order valence-corrected chi connectivity index (χ4v) is 2.63. The van der Waals surface area contributed by atoms with Crippen molar-refractivity contribution in [3.63, 3.8) is 0 Å². The number of hydrogen-bond donors (Lipinski definition) is 2. The zero-order chi connectivity index (χ0) is 8.60. The Morgan fingerprint density at radius 3 is 2.17 bits per heavy atom. The first kappa shape index (κ1) is 8.52. The first-order valence-electron chi connectivity index (χ1n) is 5.20. The highest BCUT2D eigenvalue weighted by Gasteiger charge is 2.44. The van der Waals surface area contributed by atoms with Gasteiger partial charge in [0, 0.05) is 6.04 Å². The second-order valence-electron chi connectivity index (χ2n) is 4.53. The summed E-state index contributed by atoms with van der Waals surface area (Å²) >= 11 is 0. The van der Waals surface area contributed by atoms with Gasteiger partial charge in [-0.1, -0.05) is 12.8 Å². The van der Waals surface area contributed by atoms with Gasteiger partial charge in [-0.15, -0.1) is 0 Å². The molecule has 0 aromatic heterocycles. The van der Waals surface area contributed by atoms with Crippen molar-refractivity contribution in [3.05, 3.63) is 0 Å². The van der Waals surface area contributed by atoms with Gasteiger partial charge in [0.1, 0.15) is 0 Å². The van der Waals surface area contributed by atoms with Crippen molar-refractivity contribution in [3.8, 4) is 0 Å². The van der Waals surface area contributed by atoms with E-state index < -0.39 is 5.60 Å². The van der Waals surface area contributed by atoms with Gasteiger partial charge in [-0.25, -0.2) is 0 Å². The van der Waals surface area contributed by atoms with Crippen LogP contribution in [0.15, 0.2) is 0 Å². The molecule has 2 saturated carbocycles. The Labute approximate surface area is 74.1 Å². The molecule has 1 unspecified atom stereocenters. The van der Waals surface area contributed by atoms with Crippen molar-refractivity contribution in [2.24, 2.45) is 11.7 Å². The summed E-state index contributed by atoms with van der Waals surface area (Å²) in [6, 6.07) is 0.0637. The van der Waals surface area contributed by atoms with Gasteiger partial charge in [-0.05, 0) is 38.0 Å². The van der Waals surface area contributed by atoms with Crippen LogP contribution in [0.3, 0.4) is 0 Å². The van der Waals surface area contributed by atoms with Gasteiger partial charge in [0.15, 0.2) is 0 Å². The van der Waals surface area contributed by atoms with E-state index >= 15 is 0 Å². The predicted octanol–water partition coefficient (Wildman–Crippen LogP) is 1.42. The summed E-state index contributed by atoms with van der Waals surface area (Å²) in [5.41, 5.74) is 5.59. The summed E-state index contributed by atoms with van der Waals surface area (Å²) in [6.45, 7) is 0. The number of rotatable bonds is 2. The first-order valence-corrected chi connectivity index (χ1v) is 5.20.